The summed E-state index contributed by atoms with van der Waals surface area (Å²) in [6.45, 7) is 1.87. The van der Waals surface area contributed by atoms with Crippen LogP contribution in [0.1, 0.15) is 12.6 Å². The first-order valence-electron chi connectivity index (χ1n) is 3.54. The molecule has 0 aromatic carbocycles. The summed E-state index contributed by atoms with van der Waals surface area (Å²) in [6, 6.07) is 2.76. The molecule has 1 aromatic heterocycles. The van der Waals surface area contributed by atoms with E-state index < -0.39 is 0 Å². The lowest BCUT2D eigenvalue weighted by atomic mass is 10.2. The molecule has 2 nitrogen and oxygen atoms in total. The second-order valence-electron chi connectivity index (χ2n) is 2.65. The van der Waals surface area contributed by atoms with Crippen molar-refractivity contribution in [3.8, 4) is 0 Å². The molecule has 11 heavy (non-hydrogen) atoms. The van der Waals surface area contributed by atoms with E-state index >= 15 is 0 Å². The third kappa shape index (κ3) is 2.63. The number of aromatic nitrogens is 1. The number of nitrogens with two attached hydrogens (primary N) is 1. The van der Waals surface area contributed by atoms with Crippen molar-refractivity contribution in [2.75, 3.05) is 0 Å². The van der Waals surface area contributed by atoms with E-state index in [1.165, 1.54) is 18.3 Å². The highest BCUT2D eigenvalue weighted by atomic mass is 19.1. The van der Waals surface area contributed by atoms with Crippen molar-refractivity contribution < 1.29 is 4.39 Å². The molecule has 1 atom stereocenters. The van der Waals surface area contributed by atoms with Gasteiger partial charge in [-0.15, -0.1) is 0 Å². The summed E-state index contributed by atoms with van der Waals surface area (Å²) in [7, 11) is 0. The van der Waals surface area contributed by atoms with Gasteiger partial charge in [0.05, 0.1) is 0 Å². The Hall–Kier alpha value is -0.960. The van der Waals surface area contributed by atoms with Gasteiger partial charge in [0.25, 0.3) is 0 Å². The molecule has 60 valence electrons. The molecule has 0 saturated heterocycles. The van der Waals surface area contributed by atoms with Crippen LogP contribution in [0.4, 0.5) is 4.39 Å². The molecule has 0 aliphatic carbocycles. The van der Waals surface area contributed by atoms with Gasteiger partial charge in [0, 0.05) is 24.4 Å². The van der Waals surface area contributed by atoms with Gasteiger partial charge in [0.1, 0.15) is 5.82 Å². The second kappa shape index (κ2) is 3.44. The van der Waals surface area contributed by atoms with Crippen molar-refractivity contribution in [2.45, 2.75) is 19.4 Å². The fourth-order valence-corrected chi connectivity index (χ4v) is 0.890. The maximum Gasteiger partial charge on any atom is 0.126 e. The van der Waals surface area contributed by atoms with Gasteiger partial charge < -0.3 is 5.73 Å². The quantitative estimate of drug-likeness (QED) is 0.693. The third-order valence-corrected chi connectivity index (χ3v) is 1.31. The fraction of sp³-hybridized carbons (Fsp3) is 0.375. The van der Waals surface area contributed by atoms with Crippen LogP contribution < -0.4 is 5.73 Å². The van der Waals surface area contributed by atoms with Gasteiger partial charge in [-0.3, -0.25) is 4.98 Å². The summed E-state index contributed by atoms with van der Waals surface area (Å²) in [6.07, 6.45) is 2.07. The van der Waals surface area contributed by atoms with E-state index in [-0.39, 0.29) is 11.9 Å². The number of rotatable bonds is 2. The zero-order chi connectivity index (χ0) is 8.27. The lowest BCUT2D eigenvalue weighted by Gasteiger charge is -2.02. The lowest BCUT2D eigenvalue weighted by Crippen LogP contribution is -2.18. The lowest BCUT2D eigenvalue weighted by molar-refractivity contribution is 0.617. The highest BCUT2D eigenvalue weighted by Gasteiger charge is 1.99. The average Bonchev–Trinajstić information content (AvgIpc) is 1.85. The zero-order valence-electron chi connectivity index (χ0n) is 6.42. The summed E-state index contributed by atoms with van der Waals surface area (Å²) in [5.41, 5.74) is 6.22. The molecular weight excluding hydrogens is 143 g/mol. The van der Waals surface area contributed by atoms with Crippen molar-refractivity contribution in [3.63, 3.8) is 0 Å². The van der Waals surface area contributed by atoms with Crippen molar-refractivity contribution in [3.05, 3.63) is 29.8 Å². The smallest absolute Gasteiger partial charge is 0.126 e. The standard InChI is InChI=1S/C8H11FN2/c1-6(10)4-8-5-7(9)2-3-11-8/h2-3,5-6H,4,10H2,1H3/t6-/m1/s1. The number of hydrogen-bond acceptors (Lipinski definition) is 2. The predicted octanol–water partition coefficient (Wildman–Crippen LogP) is 1.11. The topological polar surface area (TPSA) is 38.9 Å². The van der Waals surface area contributed by atoms with Gasteiger partial charge in [-0.25, -0.2) is 4.39 Å². The fourth-order valence-electron chi connectivity index (χ4n) is 0.890. The van der Waals surface area contributed by atoms with Gasteiger partial charge in [-0.1, -0.05) is 0 Å². The number of pyridine rings is 1. The van der Waals surface area contributed by atoms with Crippen LogP contribution in [0.25, 0.3) is 0 Å². The second-order valence-corrected chi connectivity index (χ2v) is 2.65. The van der Waals surface area contributed by atoms with Crippen LogP contribution in [0.3, 0.4) is 0 Å². The molecule has 1 rings (SSSR count). The molecule has 3 heteroatoms. The molecule has 0 saturated carbocycles. The first-order chi connectivity index (χ1) is 5.18. The summed E-state index contributed by atoms with van der Waals surface area (Å²) in [5, 5.41) is 0. The molecule has 0 fully saturated rings. The molecule has 0 radical (unpaired) electrons. The van der Waals surface area contributed by atoms with E-state index in [4.69, 9.17) is 5.73 Å². The van der Waals surface area contributed by atoms with Crippen LogP contribution in [0.2, 0.25) is 0 Å². The van der Waals surface area contributed by atoms with Crippen LogP contribution in [0, 0.1) is 5.82 Å². The van der Waals surface area contributed by atoms with Crippen LogP contribution in [-0.2, 0) is 6.42 Å². The van der Waals surface area contributed by atoms with Crippen molar-refractivity contribution in [1.29, 1.82) is 0 Å². The van der Waals surface area contributed by atoms with Crippen LogP contribution in [-0.4, -0.2) is 11.0 Å². The summed E-state index contributed by atoms with van der Waals surface area (Å²) in [4.78, 5) is 3.96. The normalized spacial score (nSPS) is 13.0. The predicted molar refractivity (Wildman–Crippen MR) is 41.5 cm³/mol. The molecular formula is C8H11FN2. The Morgan fingerprint density at radius 3 is 3.00 bits per heavy atom. The Morgan fingerprint density at radius 2 is 2.45 bits per heavy atom. The van der Waals surface area contributed by atoms with E-state index in [0.717, 1.165) is 0 Å². The van der Waals surface area contributed by atoms with Crippen LogP contribution >= 0.6 is 0 Å². The Balaban J connectivity index is 2.71. The molecule has 1 heterocycles. The maximum absolute atomic E-state index is 12.5. The highest BCUT2D eigenvalue weighted by Crippen LogP contribution is 2.01. The van der Waals surface area contributed by atoms with Crippen molar-refractivity contribution in [1.82, 2.24) is 4.98 Å². The molecule has 0 aliphatic heterocycles. The van der Waals surface area contributed by atoms with E-state index in [0.29, 0.717) is 12.1 Å². The number of nitrogens with zero attached hydrogens (tertiary/aromatic N) is 1. The number of hydrogen-bond donors (Lipinski definition) is 1. The molecule has 0 spiro atoms. The SMILES string of the molecule is C[C@@H](N)Cc1cc(F)ccn1. The maximum atomic E-state index is 12.5. The Kier molecular flexibility index (Phi) is 2.54. The Morgan fingerprint density at radius 1 is 1.73 bits per heavy atom. The largest absolute Gasteiger partial charge is 0.328 e. The van der Waals surface area contributed by atoms with Gasteiger partial charge in [-0.2, -0.15) is 0 Å². The average molecular weight is 154 g/mol. The zero-order valence-corrected chi connectivity index (χ0v) is 6.42. The first kappa shape index (κ1) is 8.14. The van der Waals surface area contributed by atoms with Crippen LogP contribution in [0.5, 0.6) is 0 Å². The molecule has 0 amide bonds. The molecule has 0 unspecified atom stereocenters. The minimum absolute atomic E-state index is 0.0318. The van der Waals surface area contributed by atoms with E-state index in [1.54, 1.807) is 0 Å². The summed E-state index contributed by atoms with van der Waals surface area (Å²) in [5.74, 6) is -0.254. The Labute approximate surface area is 65.3 Å². The van der Waals surface area contributed by atoms with Crippen LogP contribution in [0.15, 0.2) is 18.3 Å². The highest BCUT2D eigenvalue weighted by molar-refractivity contribution is 5.06. The first-order valence-corrected chi connectivity index (χ1v) is 3.54. The van der Waals surface area contributed by atoms with E-state index in [1.807, 2.05) is 6.92 Å². The molecule has 0 bridgehead atoms. The molecule has 0 aliphatic rings. The molecule has 2 N–H and O–H groups in total. The van der Waals surface area contributed by atoms with Gasteiger partial charge in [0.2, 0.25) is 0 Å². The third-order valence-electron chi connectivity index (χ3n) is 1.31. The van der Waals surface area contributed by atoms with Crippen molar-refractivity contribution in [2.24, 2.45) is 5.73 Å². The van der Waals surface area contributed by atoms with E-state index in [9.17, 15) is 4.39 Å². The minimum atomic E-state index is -0.254. The van der Waals surface area contributed by atoms with Gasteiger partial charge >= 0.3 is 0 Å². The minimum Gasteiger partial charge on any atom is -0.328 e. The van der Waals surface area contributed by atoms with Crippen molar-refractivity contribution >= 4 is 0 Å². The Bertz CT molecular complexity index is 235. The molecule has 1 aromatic rings. The summed E-state index contributed by atoms with van der Waals surface area (Å²) >= 11 is 0. The monoisotopic (exact) mass is 154 g/mol. The summed E-state index contributed by atoms with van der Waals surface area (Å²) < 4.78 is 12.5. The van der Waals surface area contributed by atoms with Gasteiger partial charge in [0.15, 0.2) is 0 Å². The number of halogens is 1. The van der Waals surface area contributed by atoms with Gasteiger partial charge in [-0.05, 0) is 19.1 Å². The van der Waals surface area contributed by atoms with E-state index in [2.05, 4.69) is 4.98 Å².